The van der Waals surface area contributed by atoms with Gasteiger partial charge in [0.15, 0.2) is 0 Å². The highest BCUT2D eigenvalue weighted by Crippen LogP contribution is 2.26. The summed E-state index contributed by atoms with van der Waals surface area (Å²) in [5.41, 5.74) is 0.803. The quantitative estimate of drug-likeness (QED) is 0.802. The second kappa shape index (κ2) is 7.04. The van der Waals surface area contributed by atoms with Crippen molar-refractivity contribution < 1.29 is 4.79 Å². The molecular formula is C11H14Br2N2O. The molecule has 0 bridgehead atoms. The third kappa shape index (κ3) is 4.63. The Morgan fingerprint density at radius 3 is 2.75 bits per heavy atom. The highest BCUT2D eigenvalue weighted by atomic mass is 79.9. The van der Waals surface area contributed by atoms with Gasteiger partial charge in [-0.15, -0.1) is 0 Å². The second-order valence-corrected chi connectivity index (χ2v) is 5.15. The van der Waals surface area contributed by atoms with Crippen LogP contribution in [0.4, 0.5) is 5.69 Å². The lowest BCUT2D eigenvalue weighted by molar-refractivity contribution is -0.116. The number of amides is 1. The van der Waals surface area contributed by atoms with Crippen molar-refractivity contribution in [3.05, 3.63) is 27.1 Å². The summed E-state index contributed by atoms with van der Waals surface area (Å²) in [5, 5.41) is 5.87. The van der Waals surface area contributed by atoms with Crippen molar-refractivity contribution in [2.45, 2.75) is 12.8 Å². The molecular weight excluding hydrogens is 336 g/mol. The highest BCUT2D eigenvalue weighted by Gasteiger charge is 2.05. The molecule has 0 fully saturated rings. The molecule has 1 rings (SSSR count). The van der Waals surface area contributed by atoms with Gasteiger partial charge in [-0.2, -0.15) is 0 Å². The minimum Gasteiger partial charge on any atom is -0.325 e. The normalized spacial score (nSPS) is 10.2. The Kier molecular flexibility index (Phi) is 6.01. The molecule has 0 saturated heterocycles. The van der Waals surface area contributed by atoms with Crippen LogP contribution in [0.1, 0.15) is 12.8 Å². The van der Waals surface area contributed by atoms with E-state index in [1.54, 1.807) is 0 Å². The Balaban J connectivity index is 2.49. The van der Waals surface area contributed by atoms with Crippen LogP contribution in [0.25, 0.3) is 0 Å². The van der Waals surface area contributed by atoms with Gasteiger partial charge >= 0.3 is 0 Å². The molecule has 0 saturated carbocycles. The van der Waals surface area contributed by atoms with E-state index in [2.05, 4.69) is 42.5 Å². The molecule has 5 heteroatoms. The van der Waals surface area contributed by atoms with E-state index in [9.17, 15) is 4.79 Å². The number of hydrogen-bond acceptors (Lipinski definition) is 2. The molecule has 0 aliphatic heterocycles. The van der Waals surface area contributed by atoms with Crippen molar-refractivity contribution in [2.75, 3.05) is 18.9 Å². The standard InChI is InChI=1S/C11H14Br2N2O/c1-14-6-2-3-11(16)15-10-5-4-8(12)7-9(10)13/h4-5,7,14H,2-3,6H2,1H3,(H,15,16). The zero-order valence-corrected chi connectivity index (χ0v) is 12.2. The maximum absolute atomic E-state index is 11.6. The van der Waals surface area contributed by atoms with Crippen LogP contribution in [0.3, 0.4) is 0 Å². The van der Waals surface area contributed by atoms with E-state index >= 15 is 0 Å². The largest absolute Gasteiger partial charge is 0.325 e. The Morgan fingerprint density at radius 2 is 2.12 bits per heavy atom. The summed E-state index contributed by atoms with van der Waals surface area (Å²) in [6, 6.07) is 5.67. The third-order valence-corrected chi connectivity index (χ3v) is 3.19. The summed E-state index contributed by atoms with van der Waals surface area (Å²) in [6.07, 6.45) is 1.37. The van der Waals surface area contributed by atoms with E-state index in [0.29, 0.717) is 6.42 Å². The van der Waals surface area contributed by atoms with Gasteiger partial charge in [-0.3, -0.25) is 4.79 Å². The monoisotopic (exact) mass is 348 g/mol. The summed E-state index contributed by atoms with van der Waals surface area (Å²) >= 11 is 6.76. The fourth-order valence-corrected chi connectivity index (χ4v) is 2.38. The molecule has 0 aliphatic carbocycles. The molecule has 1 aromatic rings. The van der Waals surface area contributed by atoms with Crippen LogP contribution in [0.2, 0.25) is 0 Å². The smallest absolute Gasteiger partial charge is 0.224 e. The fraction of sp³-hybridized carbons (Fsp3) is 0.364. The SMILES string of the molecule is CNCCCC(=O)Nc1ccc(Br)cc1Br. The van der Waals surface area contributed by atoms with Crippen LogP contribution in [0, 0.1) is 0 Å². The topological polar surface area (TPSA) is 41.1 Å². The van der Waals surface area contributed by atoms with E-state index in [0.717, 1.165) is 27.6 Å². The lowest BCUT2D eigenvalue weighted by Gasteiger charge is -2.07. The van der Waals surface area contributed by atoms with Gasteiger partial charge in [0, 0.05) is 15.4 Å². The number of rotatable bonds is 5. The Morgan fingerprint density at radius 1 is 1.38 bits per heavy atom. The first-order chi connectivity index (χ1) is 7.63. The fourth-order valence-electron chi connectivity index (χ4n) is 1.23. The van der Waals surface area contributed by atoms with Crippen LogP contribution < -0.4 is 10.6 Å². The van der Waals surface area contributed by atoms with Gasteiger partial charge < -0.3 is 10.6 Å². The van der Waals surface area contributed by atoms with Crippen LogP contribution in [-0.2, 0) is 4.79 Å². The molecule has 88 valence electrons. The molecule has 1 amide bonds. The van der Waals surface area contributed by atoms with Gasteiger partial charge in [-0.05, 0) is 54.1 Å². The lowest BCUT2D eigenvalue weighted by atomic mass is 10.2. The average Bonchev–Trinajstić information content (AvgIpc) is 2.23. The summed E-state index contributed by atoms with van der Waals surface area (Å²) < 4.78 is 1.86. The van der Waals surface area contributed by atoms with E-state index < -0.39 is 0 Å². The van der Waals surface area contributed by atoms with E-state index in [1.165, 1.54) is 0 Å². The van der Waals surface area contributed by atoms with E-state index in [4.69, 9.17) is 0 Å². The minimum atomic E-state index is 0.0401. The second-order valence-electron chi connectivity index (χ2n) is 3.38. The van der Waals surface area contributed by atoms with E-state index in [1.807, 2.05) is 25.2 Å². The number of benzene rings is 1. The Bertz CT molecular complexity index is 369. The molecule has 0 unspecified atom stereocenters. The molecule has 16 heavy (non-hydrogen) atoms. The number of carbonyl (C=O) groups excluding carboxylic acids is 1. The molecule has 0 aromatic heterocycles. The van der Waals surface area contributed by atoms with Crippen molar-refractivity contribution in [3.63, 3.8) is 0 Å². The van der Waals surface area contributed by atoms with Crippen molar-refractivity contribution in [1.29, 1.82) is 0 Å². The summed E-state index contributed by atoms with van der Waals surface area (Å²) in [4.78, 5) is 11.6. The summed E-state index contributed by atoms with van der Waals surface area (Å²) in [6.45, 7) is 0.856. The van der Waals surface area contributed by atoms with E-state index in [-0.39, 0.29) is 5.91 Å². The van der Waals surface area contributed by atoms with Crippen LogP contribution in [0.5, 0.6) is 0 Å². The predicted molar refractivity (Wildman–Crippen MR) is 73.6 cm³/mol. The van der Waals surface area contributed by atoms with Gasteiger partial charge in [0.05, 0.1) is 5.69 Å². The molecule has 0 atom stereocenters. The van der Waals surface area contributed by atoms with Gasteiger partial charge in [0.1, 0.15) is 0 Å². The molecule has 3 nitrogen and oxygen atoms in total. The molecule has 0 aliphatic rings. The van der Waals surface area contributed by atoms with Gasteiger partial charge in [-0.1, -0.05) is 15.9 Å². The maximum atomic E-state index is 11.6. The third-order valence-electron chi connectivity index (χ3n) is 2.04. The summed E-state index contributed by atoms with van der Waals surface area (Å²) in [7, 11) is 1.88. The van der Waals surface area contributed by atoms with Gasteiger partial charge in [0.2, 0.25) is 5.91 Å². The number of hydrogen-bond donors (Lipinski definition) is 2. The molecule has 2 N–H and O–H groups in total. The van der Waals surface area contributed by atoms with Crippen molar-refractivity contribution in [3.8, 4) is 0 Å². The first-order valence-corrected chi connectivity index (χ1v) is 6.61. The first kappa shape index (κ1) is 13.7. The Hall–Kier alpha value is -0.390. The van der Waals surface area contributed by atoms with Crippen molar-refractivity contribution >= 4 is 43.5 Å². The minimum absolute atomic E-state index is 0.0401. The molecule has 0 heterocycles. The molecule has 0 spiro atoms. The van der Waals surface area contributed by atoms with Gasteiger partial charge in [0.25, 0.3) is 0 Å². The number of halogens is 2. The zero-order valence-electron chi connectivity index (χ0n) is 9.02. The van der Waals surface area contributed by atoms with Crippen molar-refractivity contribution in [1.82, 2.24) is 5.32 Å². The van der Waals surface area contributed by atoms with Gasteiger partial charge in [-0.25, -0.2) is 0 Å². The molecule has 1 aromatic carbocycles. The number of anilines is 1. The maximum Gasteiger partial charge on any atom is 0.224 e. The van der Waals surface area contributed by atoms with Crippen LogP contribution >= 0.6 is 31.9 Å². The molecule has 0 radical (unpaired) electrons. The predicted octanol–water partition coefficient (Wildman–Crippen LogP) is 3.15. The highest BCUT2D eigenvalue weighted by molar-refractivity contribution is 9.11. The first-order valence-electron chi connectivity index (χ1n) is 5.03. The van der Waals surface area contributed by atoms with Crippen LogP contribution in [-0.4, -0.2) is 19.5 Å². The lowest BCUT2D eigenvalue weighted by Crippen LogP contribution is -2.15. The average molecular weight is 350 g/mol. The van der Waals surface area contributed by atoms with Crippen LogP contribution in [0.15, 0.2) is 27.1 Å². The summed E-state index contributed by atoms with van der Waals surface area (Å²) in [5.74, 6) is 0.0401. The number of nitrogens with one attached hydrogen (secondary N) is 2. The Labute approximate surface area is 112 Å². The zero-order chi connectivity index (χ0) is 12.0. The van der Waals surface area contributed by atoms with Crippen molar-refractivity contribution in [2.24, 2.45) is 0 Å². The number of carbonyl (C=O) groups is 1.